The Bertz CT molecular complexity index is 1240. The Labute approximate surface area is 190 Å². The van der Waals surface area contributed by atoms with Crippen molar-refractivity contribution in [3.63, 3.8) is 0 Å². The topological polar surface area (TPSA) is 26.3 Å². The normalized spacial score (nSPS) is 11.1. The zero-order valence-corrected chi connectivity index (χ0v) is 17.5. The van der Waals surface area contributed by atoms with E-state index in [1.807, 2.05) is 19.1 Å². The van der Waals surface area contributed by atoms with Crippen LogP contribution in [0.3, 0.4) is 0 Å². The van der Waals surface area contributed by atoms with Gasteiger partial charge in [0.25, 0.3) is 0 Å². The van der Waals surface area contributed by atoms with E-state index in [1.165, 1.54) is 5.92 Å². The fourth-order valence-corrected chi connectivity index (χ4v) is 3.11. The molecule has 0 fully saturated rings. The summed E-state index contributed by atoms with van der Waals surface area (Å²) in [4.78, 5) is 12.3. The van der Waals surface area contributed by atoms with E-state index in [1.54, 1.807) is 12.1 Å². The van der Waals surface area contributed by atoms with Crippen molar-refractivity contribution >= 4 is 5.97 Å². The Morgan fingerprint density at radius 3 is 1.91 bits per heavy atom. The Kier molecular flexibility index (Phi) is 7.30. The third kappa shape index (κ3) is 5.95. The van der Waals surface area contributed by atoms with Crippen molar-refractivity contribution in [2.75, 3.05) is 0 Å². The summed E-state index contributed by atoms with van der Waals surface area (Å²) in [6.45, 7) is 2.01. The van der Waals surface area contributed by atoms with Crippen LogP contribution in [-0.2, 0) is 6.42 Å². The Morgan fingerprint density at radius 1 is 0.853 bits per heavy atom. The highest BCUT2D eigenvalue weighted by atomic mass is 19.4. The van der Waals surface area contributed by atoms with E-state index in [-0.39, 0.29) is 5.56 Å². The van der Waals surface area contributed by atoms with Crippen molar-refractivity contribution in [1.82, 2.24) is 0 Å². The molecule has 0 aliphatic rings. The van der Waals surface area contributed by atoms with Crippen LogP contribution in [0.2, 0.25) is 0 Å². The van der Waals surface area contributed by atoms with Crippen LogP contribution < -0.4 is 4.74 Å². The van der Waals surface area contributed by atoms with E-state index in [0.29, 0.717) is 23.6 Å². The molecule has 0 amide bonds. The van der Waals surface area contributed by atoms with E-state index in [2.05, 4.69) is 4.74 Å². The lowest BCUT2D eigenvalue weighted by Crippen LogP contribution is -2.14. The maximum atomic E-state index is 14.6. The van der Waals surface area contributed by atoms with Gasteiger partial charge in [0.2, 0.25) is 0 Å². The van der Waals surface area contributed by atoms with Crippen LogP contribution in [0.1, 0.15) is 34.8 Å². The summed E-state index contributed by atoms with van der Waals surface area (Å²) in [6.07, 6.45) is -3.22. The predicted octanol–water partition coefficient (Wildman–Crippen LogP) is 7.00. The smallest absolute Gasteiger partial charge is 0.423 e. The quantitative estimate of drug-likeness (QED) is 0.170. The van der Waals surface area contributed by atoms with E-state index < -0.39 is 52.3 Å². The lowest BCUT2D eigenvalue weighted by molar-refractivity contribution is -0.0696. The molecule has 0 saturated heterocycles. The molecule has 0 aromatic heterocycles. The van der Waals surface area contributed by atoms with Crippen LogP contribution in [0, 0.1) is 35.1 Å². The third-order valence-electron chi connectivity index (χ3n) is 4.63. The Morgan fingerprint density at radius 2 is 1.41 bits per heavy atom. The first-order valence-electron chi connectivity index (χ1n) is 9.88. The van der Waals surface area contributed by atoms with Gasteiger partial charge in [-0.15, -0.1) is 0 Å². The summed E-state index contributed by atoms with van der Waals surface area (Å²) in [5.74, 6) is -6.04. The molecule has 176 valence electrons. The minimum Gasteiger partial charge on any atom is -0.423 e. The minimum absolute atomic E-state index is 0.152. The monoisotopic (exact) mass is 480 g/mol. The largest absolute Gasteiger partial charge is 0.458 e. The van der Waals surface area contributed by atoms with Gasteiger partial charge in [0, 0.05) is 18.1 Å². The molecule has 2 nitrogen and oxygen atoms in total. The number of benzene rings is 3. The molecule has 0 atom stereocenters. The fourth-order valence-electron chi connectivity index (χ4n) is 3.11. The number of halogens is 7. The van der Waals surface area contributed by atoms with Gasteiger partial charge in [-0.2, -0.15) is 13.2 Å². The van der Waals surface area contributed by atoms with Crippen molar-refractivity contribution in [2.24, 2.45) is 0 Å². The average Bonchev–Trinajstić information content (AvgIpc) is 2.72. The molecule has 0 aliphatic heterocycles. The van der Waals surface area contributed by atoms with Crippen LogP contribution in [-0.4, -0.2) is 12.1 Å². The number of carbonyl (C=O) groups excluding carboxylic acids is 1. The van der Waals surface area contributed by atoms with Gasteiger partial charge in [-0.05, 0) is 35.2 Å². The third-order valence-corrected chi connectivity index (χ3v) is 4.63. The summed E-state index contributed by atoms with van der Waals surface area (Å²) in [6, 6.07) is 9.53. The molecule has 0 saturated carbocycles. The molecule has 34 heavy (non-hydrogen) atoms. The Hall–Kier alpha value is -3.80. The van der Waals surface area contributed by atoms with Crippen molar-refractivity contribution in [3.8, 4) is 28.7 Å². The summed E-state index contributed by atoms with van der Waals surface area (Å²) in [7, 11) is 0. The van der Waals surface area contributed by atoms with Crippen molar-refractivity contribution in [3.05, 3.63) is 88.5 Å². The molecule has 0 heterocycles. The number of ether oxygens (including phenoxy) is 1. The fraction of sp³-hybridized carbons (Fsp3) is 0.160. The van der Waals surface area contributed by atoms with Gasteiger partial charge >= 0.3 is 12.1 Å². The predicted molar refractivity (Wildman–Crippen MR) is 110 cm³/mol. The molecule has 0 bridgehead atoms. The van der Waals surface area contributed by atoms with Gasteiger partial charge in [-0.3, -0.25) is 0 Å². The molecule has 3 rings (SSSR count). The van der Waals surface area contributed by atoms with Gasteiger partial charge in [0.1, 0.15) is 34.6 Å². The second kappa shape index (κ2) is 10.00. The molecule has 3 aromatic rings. The van der Waals surface area contributed by atoms with E-state index >= 15 is 0 Å². The van der Waals surface area contributed by atoms with E-state index in [9.17, 15) is 35.5 Å². The van der Waals surface area contributed by atoms with Crippen LogP contribution in [0.5, 0.6) is 5.75 Å². The summed E-state index contributed by atoms with van der Waals surface area (Å²) >= 11 is 0. The molecule has 0 radical (unpaired) electrons. The summed E-state index contributed by atoms with van der Waals surface area (Å²) < 4.78 is 98.2. The molecule has 0 N–H and O–H groups in total. The molecule has 0 aliphatic carbocycles. The zero-order valence-electron chi connectivity index (χ0n) is 17.5. The van der Waals surface area contributed by atoms with Crippen LogP contribution in [0.4, 0.5) is 30.7 Å². The van der Waals surface area contributed by atoms with Crippen molar-refractivity contribution in [2.45, 2.75) is 25.9 Å². The lowest BCUT2D eigenvalue weighted by atomic mass is 10.0. The molecule has 3 aromatic carbocycles. The van der Waals surface area contributed by atoms with E-state index in [4.69, 9.17) is 0 Å². The number of aryl methyl sites for hydroxylation is 1. The van der Waals surface area contributed by atoms with Gasteiger partial charge < -0.3 is 4.74 Å². The number of hydrogen-bond acceptors (Lipinski definition) is 2. The molecule has 0 spiro atoms. The first-order chi connectivity index (χ1) is 16.0. The first-order valence-corrected chi connectivity index (χ1v) is 9.88. The highest BCUT2D eigenvalue weighted by Crippen LogP contribution is 2.27. The van der Waals surface area contributed by atoms with Crippen LogP contribution in [0.15, 0.2) is 48.5 Å². The second-order valence-corrected chi connectivity index (χ2v) is 7.16. The van der Waals surface area contributed by atoms with E-state index in [0.717, 1.165) is 30.5 Å². The summed E-state index contributed by atoms with van der Waals surface area (Å²) in [5.41, 5.74) is -0.615. The minimum atomic E-state index is -4.98. The molecular formula is C25H15F7O2. The van der Waals surface area contributed by atoms with Gasteiger partial charge in [-0.1, -0.05) is 43.5 Å². The van der Waals surface area contributed by atoms with Crippen molar-refractivity contribution < 1.29 is 40.3 Å². The number of alkyl halides is 3. The first kappa shape index (κ1) is 24.8. The average molecular weight is 480 g/mol. The number of hydrogen-bond donors (Lipinski definition) is 0. The van der Waals surface area contributed by atoms with Crippen LogP contribution >= 0.6 is 0 Å². The molecule has 0 unspecified atom stereocenters. The van der Waals surface area contributed by atoms with Crippen LogP contribution in [0.25, 0.3) is 11.1 Å². The van der Waals surface area contributed by atoms with Gasteiger partial charge in [0.05, 0.1) is 5.56 Å². The van der Waals surface area contributed by atoms with Crippen molar-refractivity contribution in [1.29, 1.82) is 0 Å². The Balaban J connectivity index is 1.85. The highest BCUT2D eigenvalue weighted by molar-refractivity contribution is 5.92. The number of rotatable bonds is 5. The lowest BCUT2D eigenvalue weighted by Gasteiger charge is -2.10. The van der Waals surface area contributed by atoms with Gasteiger partial charge in [0.15, 0.2) is 0 Å². The highest BCUT2D eigenvalue weighted by Gasteiger charge is 2.25. The summed E-state index contributed by atoms with van der Waals surface area (Å²) in [5, 5.41) is 0. The SMILES string of the molecule is CCCc1ccc(-c2cc(F)c(C(=O)Oc3cc(F)c(C#CC(F)(F)F)c(F)c3)c(F)c2)cc1. The molecule has 9 heteroatoms. The second-order valence-electron chi connectivity index (χ2n) is 7.16. The van der Waals surface area contributed by atoms with Gasteiger partial charge in [-0.25, -0.2) is 22.4 Å². The number of carbonyl (C=O) groups is 1. The standard InChI is InChI=1S/C25H15F7O2/c1-2-3-14-4-6-15(7-5-14)16-10-21(28)23(22(29)11-16)24(33)34-17-12-19(26)18(20(27)13-17)8-9-25(30,31)32/h4-7,10-13H,2-3H2,1H3. The maximum Gasteiger partial charge on any atom is 0.458 e. The maximum absolute atomic E-state index is 14.6. The molecular weight excluding hydrogens is 465 g/mol. The number of esters is 1. The zero-order chi connectivity index (χ0) is 25.0.